The highest BCUT2D eigenvalue weighted by Gasteiger charge is 2.17. The Morgan fingerprint density at radius 1 is 1.10 bits per heavy atom. The Labute approximate surface area is 177 Å². The highest BCUT2D eigenvalue weighted by atomic mass is 32.2. The van der Waals surface area contributed by atoms with E-state index in [9.17, 15) is 14.4 Å². The largest absolute Gasteiger partial charge is 0.497 e. The van der Waals surface area contributed by atoms with Crippen molar-refractivity contribution in [3.05, 3.63) is 70.5 Å². The lowest BCUT2D eigenvalue weighted by molar-refractivity contribution is -0.115. The van der Waals surface area contributed by atoms with E-state index in [2.05, 4.69) is 15.3 Å². The zero-order chi connectivity index (χ0) is 21.7. The Hall–Kier alpha value is -3.39. The normalized spacial score (nSPS) is 11.6. The molecule has 3 rings (SSSR count). The molecule has 0 bridgehead atoms. The fraction of sp³-hybridized carbons (Fsp3) is 0.182. The van der Waals surface area contributed by atoms with Gasteiger partial charge in [0.15, 0.2) is 10.9 Å². The van der Waals surface area contributed by atoms with Crippen LogP contribution in [0, 0.1) is 0 Å². The minimum atomic E-state index is -0.508. The zero-order valence-electron chi connectivity index (χ0n) is 16.8. The van der Waals surface area contributed by atoms with Gasteiger partial charge in [-0.25, -0.2) is 4.98 Å². The minimum Gasteiger partial charge on any atom is -0.497 e. The highest BCUT2D eigenvalue weighted by molar-refractivity contribution is 8.00. The Morgan fingerprint density at radius 3 is 2.37 bits per heavy atom. The molecule has 1 aromatic heterocycles. The molecule has 1 atom stereocenters. The average molecular weight is 423 g/mol. The van der Waals surface area contributed by atoms with Gasteiger partial charge in [0.1, 0.15) is 5.75 Å². The number of aromatic amines is 1. The summed E-state index contributed by atoms with van der Waals surface area (Å²) in [6, 6.07) is 15.3. The van der Waals surface area contributed by atoms with E-state index in [1.807, 2.05) is 12.1 Å². The van der Waals surface area contributed by atoms with Crippen molar-refractivity contribution in [2.75, 3.05) is 12.4 Å². The molecule has 3 aromatic rings. The van der Waals surface area contributed by atoms with E-state index in [0.717, 1.165) is 17.3 Å². The van der Waals surface area contributed by atoms with Crippen LogP contribution < -0.4 is 15.6 Å². The second-order valence-electron chi connectivity index (χ2n) is 6.55. The third kappa shape index (κ3) is 5.36. The van der Waals surface area contributed by atoms with Gasteiger partial charge in [-0.2, -0.15) is 0 Å². The molecule has 154 valence electrons. The van der Waals surface area contributed by atoms with E-state index in [1.54, 1.807) is 50.4 Å². The molecule has 0 radical (unpaired) electrons. The number of thioether (sulfide) groups is 1. The summed E-state index contributed by atoms with van der Waals surface area (Å²) in [6.45, 7) is 3.21. The maximum absolute atomic E-state index is 12.5. The molecule has 1 heterocycles. The Balaban J connectivity index is 1.71. The van der Waals surface area contributed by atoms with Gasteiger partial charge in [0.2, 0.25) is 5.91 Å². The first-order valence-corrected chi connectivity index (χ1v) is 10.1. The lowest BCUT2D eigenvalue weighted by Gasteiger charge is -2.12. The van der Waals surface area contributed by atoms with Crippen LogP contribution in [0.15, 0.2) is 64.5 Å². The van der Waals surface area contributed by atoms with Gasteiger partial charge in [-0.05, 0) is 62.4 Å². The molecular formula is C22H21N3O4S. The van der Waals surface area contributed by atoms with Crippen LogP contribution >= 0.6 is 11.8 Å². The third-order valence-electron chi connectivity index (χ3n) is 4.32. The number of benzene rings is 2. The maximum atomic E-state index is 12.5. The van der Waals surface area contributed by atoms with Gasteiger partial charge in [-0.3, -0.25) is 14.4 Å². The number of methoxy groups -OCH3 is 1. The van der Waals surface area contributed by atoms with Crippen molar-refractivity contribution in [1.29, 1.82) is 0 Å². The summed E-state index contributed by atoms with van der Waals surface area (Å²) in [5.74, 6) is 0.427. The predicted molar refractivity (Wildman–Crippen MR) is 117 cm³/mol. The molecule has 0 aliphatic carbocycles. The maximum Gasteiger partial charge on any atom is 0.252 e. The van der Waals surface area contributed by atoms with Gasteiger partial charge in [0.05, 0.1) is 18.1 Å². The van der Waals surface area contributed by atoms with Crippen molar-refractivity contribution in [2.24, 2.45) is 0 Å². The number of nitrogens with one attached hydrogen (secondary N) is 2. The molecule has 0 aliphatic heterocycles. The van der Waals surface area contributed by atoms with Crippen LogP contribution in [-0.2, 0) is 4.79 Å². The SMILES string of the molecule is COc1ccc(-c2cc(=O)[nH]c(SC(C)C(=O)Nc3ccc(C(C)=O)cc3)n2)cc1. The average Bonchev–Trinajstić information content (AvgIpc) is 2.73. The van der Waals surface area contributed by atoms with E-state index in [4.69, 9.17) is 4.74 Å². The summed E-state index contributed by atoms with van der Waals surface area (Å²) < 4.78 is 5.14. The van der Waals surface area contributed by atoms with E-state index >= 15 is 0 Å². The van der Waals surface area contributed by atoms with Crippen LogP contribution in [-0.4, -0.2) is 34.0 Å². The molecule has 0 fully saturated rings. The third-order valence-corrected chi connectivity index (χ3v) is 5.31. The highest BCUT2D eigenvalue weighted by Crippen LogP contribution is 2.24. The first-order chi connectivity index (χ1) is 14.4. The van der Waals surface area contributed by atoms with Crippen LogP contribution in [0.2, 0.25) is 0 Å². The number of H-pyrrole nitrogens is 1. The molecule has 0 saturated carbocycles. The van der Waals surface area contributed by atoms with Crippen molar-refractivity contribution < 1.29 is 14.3 Å². The van der Waals surface area contributed by atoms with Crippen LogP contribution in [0.3, 0.4) is 0 Å². The quantitative estimate of drug-likeness (QED) is 0.341. The number of nitrogens with zero attached hydrogens (tertiary/aromatic N) is 1. The number of rotatable bonds is 7. The number of Topliss-reactive ketones (excluding diaryl/α,β-unsaturated/α-hetero) is 1. The smallest absolute Gasteiger partial charge is 0.252 e. The lowest BCUT2D eigenvalue weighted by Crippen LogP contribution is -2.23. The van der Waals surface area contributed by atoms with Crippen LogP contribution in [0.4, 0.5) is 5.69 Å². The predicted octanol–water partition coefficient (Wildman–Crippen LogP) is 3.77. The molecule has 1 unspecified atom stereocenters. The van der Waals surface area contributed by atoms with Crippen molar-refractivity contribution in [2.45, 2.75) is 24.3 Å². The Bertz CT molecular complexity index is 1110. The van der Waals surface area contributed by atoms with Gasteiger partial charge in [0, 0.05) is 22.9 Å². The molecule has 1 amide bonds. The van der Waals surface area contributed by atoms with E-state index in [1.165, 1.54) is 13.0 Å². The molecule has 2 aromatic carbocycles. The molecule has 0 saturated heterocycles. The number of ketones is 1. The number of amides is 1. The van der Waals surface area contributed by atoms with Crippen LogP contribution in [0.5, 0.6) is 5.75 Å². The Kier molecular flexibility index (Phi) is 6.68. The summed E-state index contributed by atoms with van der Waals surface area (Å²) >= 11 is 1.15. The molecule has 0 spiro atoms. The second kappa shape index (κ2) is 9.41. The molecule has 0 aliphatic rings. The van der Waals surface area contributed by atoms with Crippen molar-refractivity contribution in [1.82, 2.24) is 9.97 Å². The zero-order valence-corrected chi connectivity index (χ0v) is 17.6. The summed E-state index contributed by atoms with van der Waals surface area (Å²) in [7, 11) is 1.58. The number of hydrogen-bond donors (Lipinski definition) is 2. The number of carbonyl (C=O) groups is 2. The van der Waals surface area contributed by atoms with Crippen LogP contribution in [0.1, 0.15) is 24.2 Å². The first-order valence-electron chi connectivity index (χ1n) is 9.20. The molecule has 8 heteroatoms. The van der Waals surface area contributed by atoms with Crippen molar-refractivity contribution in [3.63, 3.8) is 0 Å². The van der Waals surface area contributed by atoms with E-state index in [0.29, 0.717) is 27.9 Å². The molecule has 7 nitrogen and oxygen atoms in total. The second-order valence-corrected chi connectivity index (χ2v) is 7.88. The topological polar surface area (TPSA) is 101 Å². The fourth-order valence-corrected chi connectivity index (χ4v) is 3.47. The number of hydrogen-bond acceptors (Lipinski definition) is 6. The van der Waals surface area contributed by atoms with Crippen molar-refractivity contribution >= 4 is 29.1 Å². The van der Waals surface area contributed by atoms with Crippen molar-refractivity contribution in [3.8, 4) is 17.0 Å². The van der Waals surface area contributed by atoms with Gasteiger partial charge in [-0.1, -0.05) is 11.8 Å². The fourth-order valence-electron chi connectivity index (χ4n) is 2.65. The number of ether oxygens (including phenoxy) is 1. The van der Waals surface area contributed by atoms with Gasteiger partial charge < -0.3 is 15.0 Å². The van der Waals surface area contributed by atoms with Gasteiger partial charge in [0.25, 0.3) is 5.56 Å². The number of carbonyl (C=O) groups excluding carboxylic acids is 2. The molecular weight excluding hydrogens is 402 g/mol. The molecule has 30 heavy (non-hydrogen) atoms. The molecule has 2 N–H and O–H groups in total. The van der Waals surface area contributed by atoms with Crippen LogP contribution in [0.25, 0.3) is 11.3 Å². The monoisotopic (exact) mass is 423 g/mol. The lowest BCUT2D eigenvalue weighted by atomic mass is 10.1. The van der Waals surface area contributed by atoms with Gasteiger partial charge >= 0.3 is 0 Å². The van der Waals surface area contributed by atoms with E-state index < -0.39 is 5.25 Å². The summed E-state index contributed by atoms with van der Waals surface area (Å²) in [4.78, 5) is 43.1. The van der Waals surface area contributed by atoms with E-state index in [-0.39, 0.29) is 17.2 Å². The standard InChI is InChI=1S/C22H21N3O4S/c1-13(26)15-4-8-17(9-5-15)23-21(28)14(2)30-22-24-19(12-20(27)25-22)16-6-10-18(29-3)11-7-16/h4-12,14H,1-3H3,(H,23,28)(H,24,25,27). The minimum absolute atomic E-state index is 0.0384. The van der Waals surface area contributed by atoms with Gasteiger partial charge in [-0.15, -0.1) is 0 Å². The summed E-state index contributed by atoms with van der Waals surface area (Å²) in [5.41, 5.74) is 2.15. The summed E-state index contributed by atoms with van der Waals surface area (Å²) in [6.07, 6.45) is 0. The first kappa shape index (κ1) is 21.3. The number of anilines is 1. The summed E-state index contributed by atoms with van der Waals surface area (Å²) in [5, 5.41) is 2.64. The number of aromatic nitrogens is 2. The Morgan fingerprint density at radius 2 is 1.77 bits per heavy atom.